The Morgan fingerprint density at radius 1 is 1.10 bits per heavy atom. The first-order valence-corrected chi connectivity index (χ1v) is 9.96. The van der Waals surface area contributed by atoms with Gasteiger partial charge in [0.05, 0.1) is 0 Å². The van der Waals surface area contributed by atoms with E-state index in [0.29, 0.717) is 22.6 Å². The third-order valence-electron chi connectivity index (χ3n) is 4.91. The predicted octanol–water partition coefficient (Wildman–Crippen LogP) is 5.60. The molecule has 0 fully saturated rings. The van der Waals surface area contributed by atoms with Gasteiger partial charge in [-0.25, -0.2) is 0 Å². The van der Waals surface area contributed by atoms with Gasteiger partial charge in [0.2, 0.25) is 0 Å². The van der Waals surface area contributed by atoms with Crippen molar-refractivity contribution < 1.29 is 9.53 Å². The van der Waals surface area contributed by atoms with Gasteiger partial charge in [-0.15, -0.1) is 0 Å². The highest BCUT2D eigenvalue weighted by Crippen LogP contribution is 2.28. The van der Waals surface area contributed by atoms with Crippen LogP contribution in [0.5, 0.6) is 5.75 Å². The minimum atomic E-state index is -0.247. The van der Waals surface area contributed by atoms with Crippen LogP contribution in [0.25, 0.3) is 0 Å². The molecule has 0 saturated heterocycles. The molecule has 1 N–H and O–H groups in total. The summed E-state index contributed by atoms with van der Waals surface area (Å²) in [6, 6.07) is 16.7. The Labute approximate surface area is 175 Å². The maximum atomic E-state index is 12.6. The van der Waals surface area contributed by atoms with Crippen molar-refractivity contribution in [1.82, 2.24) is 4.98 Å². The van der Waals surface area contributed by atoms with E-state index in [1.807, 2.05) is 63.2 Å². The lowest BCUT2D eigenvalue weighted by atomic mass is 9.99. The number of pyridine rings is 1. The number of ether oxygens (including phenoxy) is 1. The van der Waals surface area contributed by atoms with Gasteiger partial charge in [0.25, 0.3) is 5.56 Å². The van der Waals surface area contributed by atoms with Crippen molar-refractivity contribution in [2.24, 2.45) is 0 Å². The van der Waals surface area contributed by atoms with Gasteiger partial charge >= 0.3 is 0 Å². The Hall–Kier alpha value is -2.85. The van der Waals surface area contributed by atoms with Crippen LogP contribution in [0.15, 0.2) is 59.4 Å². The average Bonchev–Trinajstić information content (AvgIpc) is 2.67. The van der Waals surface area contributed by atoms with Crippen molar-refractivity contribution in [2.75, 3.05) is 0 Å². The quantitative estimate of drug-likeness (QED) is 0.516. The van der Waals surface area contributed by atoms with Crippen molar-refractivity contribution in [2.45, 2.75) is 39.7 Å². The standard InChI is InChI=1S/C24H24ClNO3/c1-15-13-16(2)26-24(28)20(15)11-12-23(27)18-9-10-21(22(25)14-18)17(3)29-19-7-5-4-6-8-19/h4-10,13-14,17H,11-12H2,1-3H3,(H,26,28)/t17-/m1/s1. The van der Waals surface area contributed by atoms with Gasteiger partial charge in [0, 0.05) is 33.8 Å². The first-order valence-electron chi connectivity index (χ1n) is 9.59. The Bertz CT molecular complexity index is 1070. The monoisotopic (exact) mass is 409 g/mol. The first-order chi connectivity index (χ1) is 13.8. The summed E-state index contributed by atoms with van der Waals surface area (Å²) in [6.45, 7) is 5.65. The number of benzene rings is 2. The van der Waals surface area contributed by atoms with E-state index in [4.69, 9.17) is 16.3 Å². The maximum Gasteiger partial charge on any atom is 0.251 e. The van der Waals surface area contributed by atoms with Gasteiger partial charge in [0.15, 0.2) is 5.78 Å². The van der Waals surface area contributed by atoms with E-state index in [1.165, 1.54) is 0 Å². The minimum Gasteiger partial charge on any atom is -0.486 e. The van der Waals surface area contributed by atoms with Gasteiger partial charge in [0.1, 0.15) is 11.9 Å². The molecule has 0 aliphatic heterocycles. The zero-order valence-electron chi connectivity index (χ0n) is 16.8. The first kappa shape index (κ1) is 20.9. The lowest BCUT2D eigenvalue weighted by Crippen LogP contribution is -2.17. The second kappa shape index (κ2) is 9.10. The molecule has 0 aliphatic rings. The number of Topliss-reactive ketones (excluding diaryl/α,β-unsaturated/α-hetero) is 1. The SMILES string of the molecule is Cc1cc(C)c(CCC(=O)c2ccc([C@@H](C)Oc3ccccc3)c(Cl)c2)c(=O)[nH]1. The topological polar surface area (TPSA) is 59.2 Å². The fourth-order valence-corrected chi connectivity index (χ4v) is 3.71. The Balaban J connectivity index is 1.69. The average molecular weight is 410 g/mol. The highest BCUT2D eigenvalue weighted by molar-refractivity contribution is 6.31. The number of nitrogens with one attached hydrogen (secondary N) is 1. The maximum absolute atomic E-state index is 12.6. The predicted molar refractivity (Wildman–Crippen MR) is 116 cm³/mol. The van der Waals surface area contributed by atoms with Gasteiger partial charge < -0.3 is 9.72 Å². The van der Waals surface area contributed by atoms with E-state index in [-0.39, 0.29) is 23.9 Å². The fourth-order valence-electron chi connectivity index (χ4n) is 3.37. The third kappa shape index (κ3) is 5.15. The second-order valence-electron chi connectivity index (χ2n) is 7.18. The fraction of sp³-hybridized carbons (Fsp3) is 0.250. The molecule has 0 saturated carbocycles. The number of hydrogen-bond acceptors (Lipinski definition) is 3. The van der Waals surface area contributed by atoms with Crippen molar-refractivity contribution in [1.29, 1.82) is 0 Å². The number of ketones is 1. The van der Waals surface area contributed by atoms with E-state index in [2.05, 4.69) is 4.98 Å². The molecule has 0 spiro atoms. The van der Waals surface area contributed by atoms with Crippen LogP contribution in [-0.4, -0.2) is 10.8 Å². The molecule has 3 rings (SSSR count). The van der Waals surface area contributed by atoms with Crippen LogP contribution in [0.1, 0.15) is 52.2 Å². The van der Waals surface area contributed by atoms with Gasteiger partial charge in [-0.3, -0.25) is 9.59 Å². The smallest absolute Gasteiger partial charge is 0.251 e. The molecule has 1 aromatic heterocycles. The minimum absolute atomic E-state index is 0.0468. The van der Waals surface area contributed by atoms with Crippen molar-refractivity contribution in [3.8, 4) is 5.75 Å². The van der Waals surface area contributed by atoms with Crippen LogP contribution in [0, 0.1) is 13.8 Å². The van der Waals surface area contributed by atoms with E-state index in [9.17, 15) is 9.59 Å². The van der Waals surface area contributed by atoms with Crippen LogP contribution in [0.4, 0.5) is 0 Å². The molecule has 4 nitrogen and oxygen atoms in total. The van der Waals surface area contributed by atoms with Crippen molar-refractivity contribution in [3.05, 3.63) is 97.9 Å². The van der Waals surface area contributed by atoms with Crippen molar-refractivity contribution in [3.63, 3.8) is 0 Å². The van der Waals surface area contributed by atoms with Crippen LogP contribution < -0.4 is 10.3 Å². The summed E-state index contributed by atoms with van der Waals surface area (Å²) in [4.78, 5) is 27.6. The molecule has 5 heteroatoms. The summed E-state index contributed by atoms with van der Waals surface area (Å²) >= 11 is 6.43. The summed E-state index contributed by atoms with van der Waals surface area (Å²) in [6.07, 6.45) is 0.397. The van der Waals surface area contributed by atoms with Crippen LogP contribution in [-0.2, 0) is 6.42 Å². The number of carbonyl (C=O) groups excluding carboxylic acids is 1. The van der Waals surface area contributed by atoms with E-state index in [1.54, 1.807) is 12.1 Å². The molecule has 0 bridgehead atoms. The molecule has 0 aliphatic carbocycles. The van der Waals surface area contributed by atoms with Crippen molar-refractivity contribution >= 4 is 17.4 Å². The molecule has 3 aromatic rings. The molecule has 1 heterocycles. The summed E-state index contributed by atoms with van der Waals surface area (Å²) in [5.74, 6) is 0.712. The zero-order chi connectivity index (χ0) is 21.0. The molecule has 2 aromatic carbocycles. The van der Waals surface area contributed by atoms with Gasteiger partial charge in [-0.2, -0.15) is 0 Å². The molecule has 29 heavy (non-hydrogen) atoms. The van der Waals surface area contributed by atoms with Crippen LogP contribution in [0.2, 0.25) is 5.02 Å². The molecular weight excluding hydrogens is 386 g/mol. The Morgan fingerprint density at radius 3 is 2.48 bits per heavy atom. The number of hydrogen-bond donors (Lipinski definition) is 1. The number of aryl methyl sites for hydroxylation is 2. The van der Waals surface area contributed by atoms with E-state index < -0.39 is 0 Å². The highest BCUT2D eigenvalue weighted by Gasteiger charge is 2.15. The van der Waals surface area contributed by atoms with Crippen LogP contribution in [0.3, 0.4) is 0 Å². The second-order valence-corrected chi connectivity index (χ2v) is 7.58. The molecule has 150 valence electrons. The summed E-state index contributed by atoms with van der Waals surface area (Å²) in [5, 5.41) is 0.489. The number of aromatic nitrogens is 1. The third-order valence-corrected chi connectivity index (χ3v) is 5.24. The molecule has 1 atom stereocenters. The lowest BCUT2D eigenvalue weighted by Gasteiger charge is -2.17. The number of para-hydroxylation sites is 1. The molecule has 0 amide bonds. The number of halogens is 1. The van der Waals surface area contributed by atoms with E-state index in [0.717, 1.165) is 22.6 Å². The lowest BCUT2D eigenvalue weighted by molar-refractivity contribution is 0.0982. The van der Waals surface area contributed by atoms with Crippen LogP contribution >= 0.6 is 11.6 Å². The van der Waals surface area contributed by atoms with E-state index >= 15 is 0 Å². The summed E-state index contributed by atoms with van der Waals surface area (Å²) < 4.78 is 5.92. The highest BCUT2D eigenvalue weighted by atomic mass is 35.5. The Kier molecular flexibility index (Phi) is 6.55. The van der Waals surface area contributed by atoms with Gasteiger partial charge in [-0.1, -0.05) is 41.9 Å². The normalized spacial score (nSPS) is 11.9. The summed E-state index contributed by atoms with van der Waals surface area (Å²) in [7, 11) is 0. The number of aromatic amines is 1. The van der Waals surface area contributed by atoms with Gasteiger partial charge in [-0.05, 0) is 57.0 Å². The summed E-state index contributed by atoms with van der Waals surface area (Å²) in [5.41, 5.74) is 3.59. The zero-order valence-corrected chi connectivity index (χ0v) is 17.5. The number of H-pyrrole nitrogens is 1. The largest absolute Gasteiger partial charge is 0.486 e. The number of rotatable bonds is 7. The molecule has 0 unspecified atom stereocenters. The Morgan fingerprint density at radius 2 is 1.83 bits per heavy atom. The molecule has 0 radical (unpaired) electrons. The molecular formula is C24H24ClNO3. The number of carbonyl (C=O) groups is 1.